The molecule has 0 heterocycles. The molecular formula is C10H15NO2. The molecule has 1 unspecified atom stereocenters. The average molecular weight is 181 g/mol. The number of carboxylic acid groups (broad SMARTS) is 1. The lowest BCUT2D eigenvalue weighted by molar-refractivity contribution is -0.144. The summed E-state index contributed by atoms with van der Waals surface area (Å²) in [4.78, 5) is 11.0. The maximum absolute atomic E-state index is 11.0. The fourth-order valence-electron chi connectivity index (χ4n) is 1.38. The standard InChI is InChI=1S/C10H15NO2/c1-3-6-11-10(2,9(12)13)7-8-4-5-8/h1,8,11H,4-7H2,2H3,(H,12,13). The van der Waals surface area contributed by atoms with Gasteiger partial charge in [-0.3, -0.25) is 10.1 Å². The van der Waals surface area contributed by atoms with E-state index in [4.69, 9.17) is 11.5 Å². The van der Waals surface area contributed by atoms with Crippen LogP contribution >= 0.6 is 0 Å². The van der Waals surface area contributed by atoms with Crippen molar-refractivity contribution >= 4 is 5.97 Å². The molecule has 3 heteroatoms. The molecule has 72 valence electrons. The molecule has 0 aromatic heterocycles. The van der Waals surface area contributed by atoms with Crippen molar-refractivity contribution in [2.75, 3.05) is 6.54 Å². The Bertz CT molecular complexity index is 240. The van der Waals surface area contributed by atoms with E-state index in [1.54, 1.807) is 6.92 Å². The van der Waals surface area contributed by atoms with Crippen molar-refractivity contribution in [1.29, 1.82) is 0 Å². The number of hydrogen-bond acceptors (Lipinski definition) is 2. The highest BCUT2D eigenvalue weighted by Gasteiger charge is 2.38. The van der Waals surface area contributed by atoms with Crippen LogP contribution < -0.4 is 5.32 Å². The van der Waals surface area contributed by atoms with E-state index in [9.17, 15) is 4.79 Å². The van der Waals surface area contributed by atoms with Gasteiger partial charge in [0.05, 0.1) is 6.54 Å². The Morgan fingerprint density at radius 2 is 2.38 bits per heavy atom. The van der Waals surface area contributed by atoms with Gasteiger partial charge in [-0.2, -0.15) is 0 Å². The van der Waals surface area contributed by atoms with Crippen molar-refractivity contribution in [1.82, 2.24) is 5.32 Å². The van der Waals surface area contributed by atoms with Crippen molar-refractivity contribution < 1.29 is 9.90 Å². The van der Waals surface area contributed by atoms with Gasteiger partial charge in [-0.05, 0) is 19.3 Å². The number of aliphatic carboxylic acids is 1. The molecule has 0 aliphatic heterocycles. The van der Waals surface area contributed by atoms with Gasteiger partial charge >= 0.3 is 5.97 Å². The van der Waals surface area contributed by atoms with Crippen molar-refractivity contribution in [2.45, 2.75) is 31.7 Å². The molecule has 1 atom stereocenters. The molecule has 1 saturated carbocycles. The lowest BCUT2D eigenvalue weighted by Gasteiger charge is -2.25. The van der Waals surface area contributed by atoms with Crippen LogP contribution in [0.3, 0.4) is 0 Å². The first-order valence-electron chi connectivity index (χ1n) is 4.50. The fourth-order valence-corrected chi connectivity index (χ4v) is 1.38. The second-order valence-electron chi connectivity index (χ2n) is 3.84. The third-order valence-corrected chi connectivity index (χ3v) is 2.45. The molecule has 0 radical (unpaired) electrons. The summed E-state index contributed by atoms with van der Waals surface area (Å²) < 4.78 is 0. The fraction of sp³-hybridized carbons (Fsp3) is 0.700. The van der Waals surface area contributed by atoms with Gasteiger partial charge in [-0.15, -0.1) is 6.42 Å². The molecule has 13 heavy (non-hydrogen) atoms. The minimum atomic E-state index is -0.840. The first kappa shape index (κ1) is 10.1. The number of hydrogen-bond donors (Lipinski definition) is 2. The van der Waals surface area contributed by atoms with Gasteiger partial charge in [0.1, 0.15) is 5.54 Å². The van der Waals surface area contributed by atoms with Crippen LogP contribution in [0.4, 0.5) is 0 Å². The maximum atomic E-state index is 11.0. The summed E-state index contributed by atoms with van der Waals surface area (Å²) in [7, 11) is 0. The van der Waals surface area contributed by atoms with Crippen LogP contribution in [0.2, 0.25) is 0 Å². The predicted octanol–water partition coefficient (Wildman–Crippen LogP) is 0.853. The predicted molar refractivity (Wildman–Crippen MR) is 50.2 cm³/mol. The summed E-state index contributed by atoms with van der Waals surface area (Å²) in [6.07, 6.45) is 8.07. The van der Waals surface area contributed by atoms with Crippen LogP contribution in [-0.4, -0.2) is 23.2 Å². The summed E-state index contributed by atoms with van der Waals surface area (Å²) in [5, 5.41) is 11.9. The second kappa shape index (κ2) is 3.80. The number of carbonyl (C=O) groups is 1. The van der Waals surface area contributed by atoms with Crippen molar-refractivity contribution in [3.05, 3.63) is 0 Å². The number of nitrogens with one attached hydrogen (secondary N) is 1. The molecule has 0 aromatic rings. The molecule has 0 saturated heterocycles. The van der Waals surface area contributed by atoms with Crippen molar-refractivity contribution in [2.24, 2.45) is 5.92 Å². The minimum absolute atomic E-state index is 0.315. The van der Waals surface area contributed by atoms with Gasteiger partial charge in [0.15, 0.2) is 0 Å². The maximum Gasteiger partial charge on any atom is 0.323 e. The molecule has 0 spiro atoms. The normalized spacial score (nSPS) is 20.3. The first-order valence-corrected chi connectivity index (χ1v) is 4.50. The van der Waals surface area contributed by atoms with Gasteiger partial charge in [0.2, 0.25) is 0 Å². The van der Waals surface area contributed by atoms with E-state index < -0.39 is 11.5 Å². The van der Waals surface area contributed by atoms with Crippen LogP contribution in [0.15, 0.2) is 0 Å². The molecule has 1 rings (SSSR count). The van der Waals surface area contributed by atoms with Gasteiger partial charge in [0, 0.05) is 0 Å². The number of terminal acetylenes is 1. The highest BCUT2D eigenvalue weighted by molar-refractivity contribution is 5.78. The van der Waals surface area contributed by atoms with Crippen LogP contribution in [0.5, 0.6) is 0 Å². The number of carboxylic acids is 1. The highest BCUT2D eigenvalue weighted by atomic mass is 16.4. The molecule has 1 fully saturated rings. The number of rotatable bonds is 5. The zero-order valence-corrected chi connectivity index (χ0v) is 7.84. The lowest BCUT2D eigenvalue weighted by atomic mass is 9.95. The molecule has 3 nitrogen and oxygen atoms in total. The van der Waals surface area contributed by atoms with Crippen LogP contribution in [0.1, 0.15) is 26.2 Å². The lowest BCUT2D eigenvalue weighted by Crippen LogP contribution is -2.50. The van der Waals surface area contributed by atoms with Crippen molar-refractivity contribution in [3.63, 3.8) is 0 Å². The van der Waals surface area contributed by atoms with E-state index in [-0.39, 0.29) is 0 Å². The Labute approximate surface area is 78.5 Å². The first-order chi connectivity index (χ1) is 6.08. The van der Waals surface area contributed by atoms with Crippen LogP contribution in [-0.2, 0) is 4.79 Å². The smallest absolute Gasteiger partial charge is 0.323 e. The Balaban J connectivity index is 2.51. The third-order valence-electron chi connectivity index (χ3n) is 2.45. The van der Waals surface area contributed by atoms with Gasteiger partial charge in [0.25, 0.3) is 0 Å². The minimum Gasteiger partial charge on any atom is -0.480 e. The summed E-state index contributed by atoms with van der Waals surface area (Å²) in [6, 6.07) is 0. The second-order valence-corrected chi connectivity index (χ2v) is 3.84. The van der Waals surface area contributed by atoms with E-state index in [1.165, 1.54) is 0 Å². The molecular weight excluding hydrogens is 166 g/mol. The summed E-state index contributed by atoms with van der Waals surface area (Å²) in [5.41, 5.74) is -0.840. The largest absolute Gasteiger partial charge is 0.480 e. The Hall–Kier alpha value is -1.01. The average Bonchev–Trinajstić information content (AvgIpc) is 2.84. The Morgan fingerprint density at radius 1 is 1.77 bits per heavy atom. The van der Waals surface area contributed by atoms with Crippen molar-refractivity contribution in [3.8, 4) is 12.3 Å². The van der Waals surface area contributed by atoms with Crippen LogP contribution in [0, 0.1) is 18.3 Å². The third kappa shape index (κ3) is 2.74. The van der Waals surface area contributed by atoms with E-state index >= 15 is 0 Å². The SMILES string of the molecule is C#CCNC(C)(CC1CC1)C(=O)O. The molecule has 2 N–H and O–H groups in total. The molecule has 0 amide bonds. The quantitative estimate of drug-likeness (QED) is 0.618. The van der Waals surface area contributed by atoms with Gasteiger partial charge in [-0.1, -0.05) is 18.8 Å². The van der Waals surface area contributed by atoms with E-state index in [1.807, 2.05) is 0 Å². The molecule has 0 bridgehead atoms. The van der Waals surface area contributed by atoms with Gasteiger partial charge < -0.3 is 5.11 Å². The summed E-state index contributed by atoms with van der Waals surface area (Å²) in [5.74, 6) is 2.16. The highest BCUT2D eigenvalue weighted by Crippen LogP contribution is 2.36. The summed E-state index contributed by atoms with van der Waals surface area (Å²) >= 11 is 0. The molecule has 0 aromatic carbocycles. The molecule has 1 aliphatic rings. The Morgan fingerprint density at radius 3 is 2.77 bits per heavy atom. The Kier molecular flexibility index (Phi) is 2.94. The zero-order chi connectivity index (χ0) is 9.90. The van der Waals surface area contributed by atoms with E-state index in [0.29, 0.717) is 18.9 Å². The van der Waals surface area contributed by atoms with E-state index in [0.717, 1.165) is 12.8 Å². The summed E-state index contributed by atoms with van der Waals surface area (Å²) in [6.45, 7) is 2.01. The zero-order valence-electron chi connectivity index (χ0n) is 7.84. The molecule has 1 aliphatic carbocycles. The van der Waals surface area contributed by atoms with E-state index in [2.05, 4.69) is 11.2 Å². The topological polar surface area (TPSA) is 49.3 Å². The van der Waals surface area contributed by atoms with Crippen LogP contribution in [0.25, 0.3) is 0 Å². The van der Waals surface area contributed by atoms with Gasteiger partial charge in [-0.25, -0.2) is 0 Å². The monoisotopic (exact) mass is 181 g/mol.